The highest BCUT2D eigenvalue weighted by Crippen LogP contribution is 2.39. The third kappa shape index (κ3) is 20.6. The Bertz CT molecular complexity index is 4230. The molecule has 0 unspecified atom stereocenters. The number of benzene rings is 9. The number of hydrogen-bond acceptors (Lipinski definition) is 12. The lowest BCUT2D eigenvalue weighted by Crippen LogP contribution is -2.36. The molecular weight excluding hydrogens is 1260 g/mol. The SMILES string of the molecule is Brc1ccccc1.COc1cc2c(Cl)ccnc2cc1OCc1ccccc1.COc1cc2c(Oc3ccc(NC(=O)C(=O)NCCc4ccccc4)cc3F)ccnc2cc1OCc1ccccc1.O=C(NCCc1ccccc1)C(=O)Nc1ccc(O)c(F)c1. The number of fused-ring (bicyclic) bond motifs is 2. The minimum absolute atomic E-state index is 0.0730. The van der Waals surface area contributed by atoms with Crippen molar-refractivity contribution >= 4 is 84.3 Å². The summed E-state index contributed by atoms with van der Waals surface area (Å²) >= 11 is 9.49. The van der Waals surface area contributed by atoms with Crippen molar-refractivity contribution in [1.82, 2.24) is 20.6 Å². The molecule has 16 nitrogen and oxygen atoms in total. The summed E-state index contributed by atoms with van der Waals surface area (Å²) < 4.78 is 57.9. The van der Waals surface area contributed by atoms with Gasteiger partial charge in [0.05, 0.1) is 30.3 Å². The Labute approximate surface area is 543 Å². The number of ether oxygens (including phenoxy) is 5. The molecule has 0 aliphatic heterocycles. The Morgan fingerprint density at radius 3 is 1.33 bits per heavy atom. The summed E-state index contributed by atoms with van der Waals surface area (Å²) in [7, 11) is 3.14. The zero-order valence-corrected chi connectivity index (χ0v) is 52.1. The molecule has 20 heteroatoms. The van der Waals surface area contributed by atoms with Crippen LogP contribution < -0.4 is 45.0 Å². The molecule has 0 aliphatic carbocycles. The van der Waals surface area contributed by atoms with Crippen LogP contribution in [0.15, 0.2) is 241 Å². The number of carbonyl (C=O) groups is 4. The number of carbonyl (C=O) groups excluding carboxylic acids is 4. The largest absolute Gasteiger partial charge is 0.505 e. The summed E-state index contributed by atoms with van der Waals surface area (Å²) in [6.07, 6.45) is 4.41. The number of phenols is 1. The number of halogens is 4. The lowest BCUT2D eigenvalue weighted by molar-refractivity contribution is -0.136. The predicted octanol–water partition coefficient (Wildman–Crippen LogP) is 14.8. The third-order valence-electron chi connectivity index (χ3n) is 13.3. The van der Waals surface area contributed by atoms with E-state index in [1.807, 2.05) is 164 Å². The average Bonchev–Trinajstić information content (AvgIpc) is 0.890. The van der Waals surface area contributed by atoms with Crippen molar-refractivity contribution in [2.24, 2.45) is 0 Å². The summed E-state index contributed by atoms with van der Waals surface area (Å²) in [5.74, 6) is -2.96. The molecule has 92 heavy (non-hydrogen) atoms. The van der Waals surface area contributed by atoms with Gasteiger partial charge in [-0.15, -0.1) is 0 Å². The second kappa shape index (κ2) is 34.8. The number of hydrogen-bond donors (Lipinski definition) is 5. The van der Waals surface area contributed by atoms with E-state index in [4.69, 9.17) is 40.4 Å². The predicted molar refractivity (Wildman–Crippen MR) is 355 cm³/mol. The van der Waals surface area contributed by atoms with Crippen LogP contribution in [0, 0.1) is 11.6 Å². The Morgan fingerprint density at radius 2 is 0.880 bits per heavy atom. The van der Waals surface area contributed by atoms with E-state index < -0.39 is 41.0 Å². The van der Waals surface area contributed by atoms with Gasteiger partial charge in [-0.25, -0.2) is 8.78 Å². The number of pyridine rings is 2. The van der Waals surface area contributed by atoms with E-state index in [2.05, 4.69) is 47.2 Å². The standard InChI is InChI=1S/C33H28FN3O5.C17H14ClNO2.C16H15FN2O3.C6H5Br/c1-40-30-19-25-27(20-31(30)41-21-23-10-6-3-7-11-23)35-17-15-28(25)42-29-13-12-24(18-26(29)34)37-33(39)32(38)36-16-14-22-8-4-2-5-9-22;1-20-16-9-13-14(18)7-8-19-15(13)10-17(16)21-11-12-5-3-2-4-6-12;17-13-10-12(6-7-14(13)20)19-16(22)15(21)18-9-8-11-4-2-1-3-5-11;7-6-4-2-1-3-5-6/h2-13,15,17-20H,14,16,21H2,1H3,(H,36,38)(H,37,39);2-10H,11H2,1H3;1-7,10,20H,8-9H2,(H,18,21)(H,19,22);1-5H. The van der Waals surface area contributed by atoms with Gasteiger partial charge in [-0.2, -0.15) is 0 Å². The smallest absolute Gasteiger partial charge is 0.313 e. The van der Waals surface area contributed by atoms with Gasteiger partial charge in [-0.1, -0.05) is 167 Å². The van der Waals surface area contributed by atoms with Crippen LogP contribution in [0.2, 0.25) is 5.02 Å². The fourth-order valence-electron chi connectivity index (χ4n) is 8.60. The molecule has 2 heterocycles. The van der Waals surface area contributed by atoms with Gasteiger partial charge >= 0.3 is 23.6 Å². The van der Waals surface area contributed by atoms with E-state index in [0.717, 1.165) is 55.8 Å². The highest BCUT2D eigenvalue weighted by Gasteiger charge is 2.18. The first-order valence-electron chi connectivity index (χ1n) is 28.6. The van der Waals surface area contributed by atoms with Crippen molar-refractivity contribution in [3.05, 3.63) is 280 Å². The van der Waals surface area contributed by atoms with E-state index in [-0.39, 0.29) is 17.1 Å². The summed E-state index contributed by atoms with van der Waals surface area (Å²) in [5.41, 5.74) is 5.74. The van der Waals surface area contributed by atoms with Crippen molar-refractivity contribution in [2.45, 2.75) is 26.1 Å². The van der Waals surface area contributed by atoms with Crippen molar-refractivity contribution in [3.8, 4) is 40.2 Å². The fourth-order valence-corrected chi connectivity index (χ4v) is 9.11. The summed E-state index contributed by atoms with van der Waals surface area (Å²) in [4.78, 5) is 56.5. The van der Waals surface area contributed by atoms with E-state index in [1.54, 1.807) is 43.8 Å². The van der Waals surface area contributed by atoms with Gasteiger partial charge in [0, 0.05) is 76.4 Å². The molecule has 0 radical (unpaired) electrons. The Hall–Kier alpha value is -10.9. The van der Waals surface area contributed by atoms with Gasteiger partial charge in [-0.05, 0) is 95.8 Å². The number of rotatable bonds is 18. The van der Waals surface area contributed by atoms with Crippen LogP contribution in [0.25, 0.3) is 21.8 Å². The maximum absolute atomic E-state index is 15.0. The molecule has 0 saturated heterocycles. The maximum atomic E-state index is 15.0. The monoisotopic (exact) mass is 1320 g/mol. The zero-order chi connectivity index (χ0) is 65.0. The van der Waals surface area contributed by atoms with Gasteiger partial charge in [0.15, 0.2) is 46.1 Å². The molecule has 11 aromatic rings. The van der Waals surface area contributed by atoms with Gasteiger partial charge in [0.1, 0.15) is 19.0 Å². The van der Waals surface area contributed by atoms with Crippen molar-refractivity contribution in [3.63, 3.8) is 0 Å². The molecule has 0 saturated carbocycles. The second-order valence-electron chi connectivity index (χ2n) is 19.8. The topological polar surface area (TPSA) is 209 Å². The molecule has 468 valence electrons. The van der Waals surface area contributed by atoms with E-state index in [1.165, 1.54) is 25.3 Å². The van der Waals surface area contributed by atoms with Crippen LogP contribution in [0.5, 0.6) is 40.2 Å². The van der Waals surface area contributed by atoms with E-state index in [9.17, 15) is 23.6 Å². The van der Waals surface area contributed by atoms with Crippen LogP contribution >= 0.6 is 27.5 Å². The molecule has 11 rings (SSSR count). The van der Waals surface area contributed by atoms with Crippen LogP contribution in [0.1, 0.15) is 22.3 Å². The highest BCUT2D eigenvalue weighted by molar-refractivity contribution is 9.10. The lowest BCUT2D eigenvalue weighted by Gasteiger charge is -2.14. The van der Waals surface area contributed by atoms with Crippen LogP contribution in [0.4, 0.5) is 20.2 Å². The first-order valence-corrected chi connectivity index (χ1v) is 29.8. The molecule has 4 amide bonds. The van der Waals surface area contributed by atoms with Crippen LogP contribution in [-0.2, 0) is 45.2 Å². The molecule has 0 spiro atoms. The molecule has 0 fully saturated rings. The number of nitrogens with one attached hydrogen (secondary N) is 4. The summed E-state index contributed by atoms with van der Waals surface area (Å²) in [6, 6.07) is 66.6. The maximum Gasteiger partial charge on any atom is 0.313 e. The summed E-state index contributed by atoms with van der Waals surface area (Å²) in [5, 5.41) is 20.8. The number of anilines is 2. The van der Waals surface area contributed by atoms with Crippen molar-refractivity contribution in [2.75, 3.05) is 37.9 Å². The minimum Gasteiger partial charge on any atom is -0.505 e. The Kier molecular flexibility index (Phi) is 25.3. The fraction of sp³-hybridized carbons (Fsp3) is 0.111. The van der Waals surface area contributed by atoms with E-state index in [0.29, 0.717) is 83.8 Å². The molecule has 0 aliphatic rings. The number of phenolic OH excluding ortho intramolecular Hbond substituents is 1. The number of methoxy groups -OCH3 is 2. The van der Waals surface area contributed by atoms with Crippen LogP contribution in [-0.4, -0.2) is 66.0 Å². The first kappa shape index (κ1) is 67.0. The van der Waals surface area contributed by atoms with Gasteiger partial charge in [0.2, 0.25) is 0 Å². The lowest BCUT2D eigenvalue weighted by atomic mass is 10.1. The second-order valence-corrected chi connectivity index (χ2v) is 21.1. The average molecular weight is 1320 g/mol. The molecule has 0 atom stereocenters. The van der Waals surface area contributed by atoms with Crippen molar-refractivity contribution < 1.29 is 56.7 Å². The normalized spacial score (nSPS) is 10.3. The molecule has 0 bridgehead atoms. The molecule has 9 aromatic carbocycles. The highest BCUT2D eigenvalue weighted by atomic mass is 79.9. The zero-order valence-electron chi connectivity index (χ0n) is 49.8. The first-order chi connectivity index (χ1) is 44.7. The third-order valence-corrected chi connectivity index (χ3v) is 14.1. The van der Waals surface area contributed by atoms with Crippen LogP contribution in [0.3, 0.4) is 0 Å². The summed E-state index contributed by atoms with van der Waals surface area (Å²) in [6.45, 7) is 1.44. The quantitative estimate of drug-likeness (QED) is 0.0402. The van der Waals surface area contributed by atoms with Gasteiger partial charge in [-0.3, -0.25) is 29.1 Å². The van der Waals surface area contributed by atoms with Gasteiger partial charge in [0.25, 0.3) is 0 Å². The number of amides is 4. The number of nitrogens with zero attached hydrogens (tertiary/aromatic N) is 2. The Balaban J connectivity index is 0.000000182. The molecular formula is C72H62BrClF2N6O10. The molecule has 5 N–H and O–H groups in total. The minimum atomic E-state index is -0.895. The van der Waals surface area contributed by atoms with Crippen molar-refractivity contribution in [1.29, 1.82) is 0 Å². The number of aromatic hydroxyl groups is 1. The molecule has 2 aromatic heterocycles. The number of aromatic nitrogens is 2. The van der Waals surface area contributed by atoms with E-state index >= 15 is 4.39 Å². The van der Waals surface area contributed by atoms with Gasteiger partial charge < -0.3 is 50.1 Å². The Morgan fingerprint density at radius 1 is 0.457 bits per heavy atom.